The Kier molecular flexibility index (Phi) is 3.54. The Hall–Kier alpha value is -2.25. The van der Waals surface area contributed by atoms with Gasteiger partial charge in [0.25, 0.3) is 5.54 Å². The Morgan fingerprint density at radius 3 is 2.21 bits per heavy atom. The molecule has 2 heterocycles. The van der Waals surface area contributed by atoms with Gasteiger partial charge in [0.1, 0.15) is 5.84 Å². The van der Waals surface area contributed by atoms with Crippen molar-refractivity contribution in [2.45, 2.75) is 30.9 Å². The van der Waals surface area contributed by atoms with Crippen molar-refractivity contribution in [1.82, 2.24) is 4.90 Å². The standard InChI is InChI=1S/C16H12F6N2/c1-10-6-2-3-7-11(10)13-23-14(15(17,18)19,16(20,21)22)12-8-4-5-9-24(12)13/h2-9,12H,1H3. The van der Waals surface area contributed by atoms with Crippen molar-refractivity contribution < 1.29 is 26.3 Å². The maximum atomic E-state index is 13.6. The third-order valence-electron chi connectivity index (χ3n) is 4.16. The van der Waals surface area contributed by atoms with Crippen LogP contribution in [0.4, 0.5) is 26.3 Å². The van der Waals surface area contributed by atoms with E-state index in [1.54, 1.807) is 25.1 Å². The zero-order valence-corrected chi connectivity index (χ0v) is 12.4. The Morgan fingerprint density at radius 2 is 1.62 bits per heavy atom. The van der Waals surface area contributed by atoms with Crippen molar-refractivity contribution >= 4 is 5.84 Å². The van der Waals surface area contributed by atoms with Gasteiger partial charge in [-0.1, -0.05) is 36.4 Å². The van der Waals surface area contributed by atoms with Crippen LogP contribution in [-0.4, -0.2) is 34.7 Å². The molecule has 1 atom stereocenters. The van der Waals surface area contributed by atoms with Gasteiger partial charge in [0.05, 0.1) is 6.04 Å². The van der Waals surface area contributed by atoms with Gasteiger partial charge in [-0.05, 0) is 18.6 Å². The van der Waals surface area contributed by atoms with Crippen LogP contribution < -0.4 is 0 Å². The number of aryl methyl sites for hydroxylation is 1. The number of benzene rings is 1. The monoisotopic (exact) mass is 346 g/mol. The fraction of sp³-hybridized carbons (Fsp3) is 0.312. The van der Waals surface area contributed by atoms with Gasteiger partial charge in [-0.3, -0.25) is 0 Å². The minimum atomic E-state index is -5.59. The number of hydrogen-bond donors (Lipinski definition) is 0. The van der Waals surface area contributed by atoms with Crippen LogP contribution in [0, 0.1) is 6.92 Å². The molecule has 1 aromatic rings. The molecule has 0 N–H and O–H groups in total. The normalized spacial score (nSPS) is 22.5. The summed E-state index contributed by atoms with van der Waals surface area (Å²) in [5, 5.41) is 0. The first kappa shape index (κ1) is 16.6. The van der Waals surface area contributed by atoms with Crippen molar-refractivity contribution in [3.05, 3.63) is 59.8 Å². The lowest BCUT2D eigenvalue weighted by Crippen LogP contribution is -2.63. The average molecular weight is 346 g/mol. The molecule has 0 bridgehead atoms. The molecule has 3 rings (SSSR count). The van der Waals surface area contributed by atoms with Crippen molar-refractivity contribution in [3.63, 3.8) is 0 Å². The van der Waals surface area contributed by atoms with Crippen LogP contribution in [0.2, 0.25) is 0 Å². The number of aliphatic imine (C=N–C) groups is 1. The van der Waals surface area contributed by atoms with Crippen molar-refractivity contribution in [2.75, 3.05) is 0 Å². The highest BCUT2D eigenvalue weighted by Gasteiger charge is 2.78. The highest BCUT2D eigenvalue weighted by atomic mass is 19.4. The number of alkyl halides is 6. The summed E-state index contributed by atoms with van der Waals surface area (Å²) in [5.74, 6) is -0.339. The molecule has 0 fully saturated rings. The fourth-order valence-corrected chi connectivity index (χ4v) is 2.98. The largest absolute Gasteiger partial charge is 0.425 e. The first-order valence-corrected chi connectivity index (χ1v) is 7.02. The number of hydrogen-bond acceptors (Lipinski definition) is 2. The van der Waals surface area contributed by atoms with Gasteiger partial charge in [0.2, 0.25) is 0 Å². The predicted octanol–water partition coefficient (Wildman–Crippen LogP) is 4.37. The van der Waals surface area contributed by atoms with Gasteiger partial charge in [0.15, 0.2) is 0 Å². The average Bonchev–Trinajstić information content (AvgIpc) is 2.84. The molecule has 0 aliphatic carbocycles. The molecule has 0 saturated carbocycles. The molecule has 2 nitrogen and oxygen atoms in total. The minimum Gasteiger partial charge on any atom is -0.323 e. The van der Waals surface area contributed by atoms with E-state index in [2.05, 4.69) is 4.99 Å². The van der Waals surface area contributed by atoms with E-state index in [4.69, 9.17) is 0 Å². The number of nitrogens with zero attached hydrogens (tertiary/aromatic N) is 2. The molecule has 2 aliphatic rings. The summed E-state index contributed by atoms with van der Waals surface area (Å²) in [4.78, 5) is 4.16. The highest BCUT2D eigenvalue weighted by molar-refractivity contribution is 6.03. The first-order chi connectivity index (χ1) is 11.1. The number of amidine groups is 1. The van der Waals surface area contributed by atoms with Crippen LogP contribution in [-0.2, 0) is 0 Å². The smallest absolute Gasteiger partial charge is 0.323 e. The van der Waals surface area contributed by atoms with E-state index in [1.807, 2.05) is 0 Å². The summed E-state index contributed by atoms with van der Waals surface area (Å²) >= 11 is 0. The van der Waals surface area contributed by atoms with Crippen LogP contribution in [0.3, 0.4) is 0 Å². The Bertz CT molecular complexity index is 728. The molecule has 1 unspecified atom stereocenters. The number of halogens is 6. The summed E-state index contributed by atoms with van der Waals surface area (Å²) in [6.07, 6.45) is -6.55. The Balaban J connectivity index is 2.29. The summed E-state index contributed by atoms with van der Waals surface area (Å²) in [5.41, 5.74) is -3.42. The van der Waals surface area contributed by atoms with Gasteiger partial charge in [0, 0.05) is 11.8 Å². The second-order valence-corrected chi connectivity index (χ2v) is 5.59. The zero-order chi connectivity index (χ0) is 17.8. The van der Waals surface area contributed by atoms with Gasteiger partial charge in [-0.25, -0.2) is 4.99 Å². The third kappa shape index (κ3) is 2.16. The van der Waals surface area contributed by atoms with Gasteiger partial charge < -0.3 is 4.90 Å². The third-order valence-corrected chi connectivity index (χ3v) is 4.16. The number of allylic oxidation sites excluding steroid dienone is 2. The molecule has 128 valence electrons. The number of rotatable bonds is 1. The molecule has 0 amide bonds. The van der Waals surface area contributed by atoms with E-state index < -0.39 is 23.9 Å². The van der Waals surface area contributed by atoms with Gasteiger partial charge >= 0.3 is 12.4 Å². The molecular weight excluding hydrogens is 334 g/mol. The summed E-state index contributed by atoms with van der Waals surface area (Å²) in [6, 6.07) is 4.26. The van der Waals surface area contributed by atoms with Crippen LogP contribution in [0.1, 0.15) is 11.1 Å². The first-order valence-electron chi connectivity index (χ1n) is 7.02. The van der Waals surface area contributed by atoms with Crippen LogP contribution >= 0.6 is 0 Å². The topological polar surface area (TPSA) is 15.6 Å². The van der Waals surface area contributed by atoms with Crippen LogP contribution in [0.5, 0.6) is 0 Å². The molecule has 24 heavy (non-hydrogen) atoms. The van der Waals surface area contributed by atoms with Crippen LogP contribution in [0.25, 0.3) is 0 Å². The van der Waals surface area contributed by atoms with E-state index in [0.717, 1.165) is 11.0 Å². The molecule has 0 radical (unpaired) electrons. The van der Waals surface area contributed by atoms with Crippen molar-refractivity contribution in [2.24, 2.45) is 4.99 Å². The van der Waals surface area contributed by atoms with E-state index in [0.29, 0.717) is 5.56 Å². The minimum absolute atomic E-state index is 0.234. The molecule has 0 spiro atoms. The lowest BCUT2D eigenvalue weighted by atomic mass is 9.88. The Labute approximate surface area is 133 Å². The highest BCUT2D eigenvalue weighted by Crippen LogP contribution is 2.53. The molecular formula is C16H12F6N2. The molecule has 0 aromatic heterocycles. The predicted molar refractivity (Wildman–Crippen MR) is 76.5 cm³/mol. The lowest BCUT2D eigenvalue weighted by molar-refractivity contribution is -0.299. The summed E-state index contributed by atoms with van der Waals surface area (Å²) in [7, 11) is 0. The van der Waals surface area contributed by atoms with E-state index in [1.165, 1.54) is 24.4 Å². The SMILES string of the molecule is Cc1ccccc1C1=NC(C(F)(F)F)(C(F)(F)F)C2C=CC=CN12. The van der Waals surface area contributed by atoms with Gasteiger partial charge in [-0.2, -0.15) is 26.3 Å². The van der Waals surface area contributed by atoms with Gasteiger partial charge in [-0.15, -0.1) is 0 Å². The van der Waals surface area contributed by atoms with E-state index in [9.17, 15) is 26.3 Å². The fourth-order valence-electron chi connectivity index (χ4n) is 2.98. The van der Waals surface area contributed by atoms with Crippen molar-refractivity contribution in [3.8, 4) is 0 Å². The molecule has 2 aliphatic heterocycles. The lowest BCUT2D eigenvalue weighted by Gasteiger charge is -2.37. The molecule has 1 aromatic carbocycles. The quantitative estimate of drug-likeness (QED) is 0.690. The second-order valence-electron chi connectivity index (χ2n) is 5.59. The van der Waals surface area contributed by atoms with Crippen LogP contribution in [0.15, 0.2) is 53.7 Å². The molecule has 0 saturated heterocycles. The zero-order valence-electron chi connectivity index (χ0n) is 12.4. The van der Waals surface area contributed by atoms with E-state index in [-0.39, 0.29) is 11.4 Å². The summed E-state index contributed by atoms with van der Waals surface area (Å²) in [6.45, 7) is 1.61. The van der Waals surface area contributed by atoms with Crippen molar-refractivity contribution in [1.29, 1.82) is 0 Å². The summed E-state index contributed by atoms with van der Waals surface area (Å²) < 4.78 is 81.4. The maximum Gasteiger partial charge on any atom is 0.425 e. The van der Waals surface area contributed by atoms with E-state index >= 15 is 0 Å². The number of fused-ring (bicyclic) bond motifs is 1. The Morgan fingerprint density at radius 1 is 1.00 bits per heavy atom. The maximum absolute atomic E-state index is 13.6. The molecule has 8 heteroatoms. The second kappa shape index (κ2) is 5.12.